The van der Waals surface area contributed by atoms with Crippen molar-refractivity contribution in [2.24, 2.45) is 0 Å². The van der Waals surface area contributed by atoms with Crippen LogP contribution in [0.1, 0.15) is 12.0 Å². The zero-order valence-electron chi connectivity index (χ0n) is 9.60. The van der Waals surface area contributed by atoms with Gasteiger partial charge in [-0.1, -0.05) is 28.1 Å². The predicted octanol–water partition coefficient (Wildman–Crippen LogP) is 0.943. The summed E-state index contributed by atoms with van der Waals surface area (Å²) < 4.78 is 0.930. The summed E-state index contributed by atoms with van der Waals surface area (Å²) in [6, 6.07) is 6.30. The molecule has 0 fully saturated rings. The second-order valence-corrected chi connectivity index (χ2v) is 4.69. The van der Waals surface area contributed by atoms with E-state index in [1.54, 1.807) is 0 Å². The molecule has 6 heteroatoms. The lowest BCUT2D eigenvalue weighted by molar-refractivity contribution is -0.142. The molecule has 1 atom stereocenters. The molecule has 0 spiro atoms. The lowest BCUT2D eigenvalue weighted by Gasteiger charge is -2.11. The number of aliphatic carboxylic acids is 1. The molecule has 5 nitrogen and oxygen atoms in total. The van der Waals surface area contributed by atoms with Crippen LogP contribution in [-0.4, -0.2) is 34.7 Å². The molecule has 1 aromatic carbocycles. The minimum absolute atomic E-state index is 0.181. The zero-order chi connectivity index (χ0) is 13.5. The van der Waals surface area contributed by atoms with E-state index in [1.807, 2.05) is 24.3 Å². The van der Waals surface area contributed by atoms with E-state index in [9.17, 15) is 9.59 Å². The summed E-state index contributed by atoms with van der Waals surface area (Å²) in [6.45, 7) is -0.613. The Balaban J connectivity index is 2.44. The van der Waals surface area contributed by atoms with Gasteiger partial charge < -0.3 is 15.5 Å². The van der Waals surface area contributed by atoms with Gasteiger partial charge in [-0.2, -0.15) is 0 Å². The van der Waals surface area contributed by atoms with Gasteiger partial charge in [0, 0.05) is 10.9 Å². The number of carbonyl (C=O) groups excluding carboxylic acids is 1. The molecule has 0 aliphatic carbocycles. The van der Waals surface area contributed by atoms with Crippen molar-refractivity contribution in [3.63, 3.8) is 0 Å². The van der Waals surface area contributed by atoms with Crippen LogP contribution in [0.25, 0.3) is 0 Å². The highest BCUT2D eigenvalue weighted by molar-refractivity contribution is 9.10. The van der Waals surface area contributed by atoms with Gasteiger partial charge in [-0.05, 0) is 24.1 Å². The summed E-state index contributed by atoms with van der Waals surface area (Å²) in [4.78, 5) is 22.1. The highest BCUT2D eigenvalue weighted by Crippen LogP contribution is 2.12. The van der Waals surface area contributed by atoms with Crippen LogP contribution in [0.5, 0.6) is 0 Å². The first-order valence-corrected chi connectivity index (χ1v) is 6.19. The molecule has 18 heavy (non-hydrogen) atoms. The molecule has 0 saturated heterocycles. The third-order valence-corrected chi connectivity index (χ3v) is 2.84. The number of carbonyl (C=O) groups is 2. The molecule has 1 rings (SSSR count). The van der Waals surface area contributed by atoms with Gasteiger partial charge in [-0.25, -0.2) is 4.79 Å². The molecule has 1 unspecified atom stereocenters. The fourth-order valence-electron chi connectivity index (χ4n) is 1.40. The number of aliphatic hydroxyl groups excluding tert-OH is 1. The first-order valence-electron chi connectivity index (χ1n) is 5.40. The number of carboxylic acid groups (broad SMARTS) is 1. The normalized spacial score (nSPS) is 11.9. The number of hydrogen-bond acceptors (Lipinski definition) is 3. The third kappa shape index (κ3) is 4.85. The van der Waals surface area contributed by atoms with Crippen LogP contribution >= 0.6 is 15.9 Å². The van der Waals surface area contributed by atoms with Gasteiger partial charge >= 0.3 is 5.97 Å². The van der Waals surface area contributed by atoms with E-state index in [4.69, 9.17) is 10.2 Å². The molecule has 1 amide bonds. The molecule has 0 saturated carbocycles. The van der Waals surface area contributed by atoms with Gasteiger partial charge in [-0.3, -0.25) is 4.79 Å². The van der Waals surface area contributed by atoms with Crippen LogP contribution in [0, 0.1) is 0 Å². The molecule has 98 valence electrons. The van der Waals surface area contributed by atoms with E-state index in [0.717, 1.165) is 10.0 Å². The van der Waals surface area contributed by atoms with E-state index >= 15 is 0 Å². The molecular weight excluding hydrogens is 302 g/mol. The van der Waals surface area contributed by atoms with Crippen molar-refractivity contribution in [1.82, 2.24) is 5.32 Å². The average molecular weight is 316 g/mol. The highest BCUT2D eigenvalue weighted by Gasteiger charge is 2.18. The fourth-order valence-corrected chi connectivity index (χ4v) is 1.85. The second-order valence-electron chi connectivity index (χ2n) is 3.77. The van der Waals surface area contributed by atoms with Crippen LogP contribution in [0.2, 0.25) is 0 Å². The van der Waals surface area contributed by atoms with Gasteiger partial charge in [0.25, 0.3) is 0 Å². The smallest absolute Gasteiger partial charge is 0.328 e. The Hall–Kier alpha value is -1.40. The fraction of sp³-hybridized carbons (Fsp3) is 0.333. The lowest BCUT2D eigenvalue weighted by atomic mass is 10.1. The molecule has 0 aliphatic rings. The van der Waals surface area contributed by atoms with Crippen molar-refractivity contribution >= 4 is 27.8 Å². The van der Waals surface area contributed by atoms with Crippen molar-refractivity contribution in [2.45, 2.75) is 18.9 Å². The Morgan fingerprint density at radius 1 is 1.39 bits per heavy atom. The standard InChI is InChI=1S/C12H14BrNO4/c13-9-3-1-2-8(6-9)4-5-11(16)14-10(7-15)12(17)18/h1-3,6,10,15H,4-5,7H2,(H,14,16)(H,17,18). The molecule has 0 aliphatic heterocycles. The van der Waals surface area contributed by atoms with Crippen LogP contribution < -0.4 is 5.32 Å². The van der Waals surface area contributed by atoms with Crippen molar-refractivity contribution in [1.29, 1.82) is 0 Å². The number of rotatable bonds is 6. The maximum absolute atomic E-state index is 11.5. The van der Waals surface area contributed by atoms with Crippen molar-refractivity contribution in [3.05, 3.63) is 34.3 Å². The number of nitrogens with one attached hydrogen (secondary N) is 1. The number of halogens is 1. The van der Waals surface area contributed by atoms with E-state index in [0.29, 0.717) is 6.42 Å². The van der Waals surface area contributed by atoms with Gasteiger partial charge in [0.1, 0.15) is 6.04 Å². The van der Waals surface area contributed by atoms with Crippen molar-refractivity contribution in [3.8, 4) is 0 Å². The summed E-state index contributed by atoms with van der Waals surface area (Å²) in [7, 11) is 0. The minimum Gasteiger partial charge on any atom is -0.480 e. The Kier molecular flexibility index (Phi) is 5.80. The number of hydrogen-bond donors (Lipinski definition) is 3. The molecule has 0 radical (unpaired) electrons. The summed E-state index contributed by atoms with van der Waals surface area (Å²) >= 11 is 3.33. The molecule has 0 heterocycles. The molecule has 0 bridgehead atoms. The topological polar surface area (TPSA) is 86.6 Å². The first-order chi connectivity index (χ1) is 8.52. The van der Waals surface area contributed by atoms with E-state index in [-0.39, 0.29) is 6.42 Å². The van der Waals surface area contributed by atoms with Crippen LogP contribution in [0.3, 0.4) is 0 Å². The zero-order valence-corrected chi connectivity index (χ0v) is 11.2. The number of amides is 1. The van der Waals surface area contributed by atoms with Crippen LogP contribution in [0.15, 0.2) is 28.7 Å². The van der Waals surface area contributed by atoms with Crippen LogP contribution in [0.4, 0.5) is 0 Å². The average Bonchev–Trinajstić information content (AvgIpc) is 2.33. The van der Waals surface area contributed by atoms with Gasteiger partial charge in [0.05, 0.1) is 6.61 Å². The largest absolute Gasteiger partial charge is 0.480 e. The lowest BCUT2D eigenvalue weighted by Crippen LogP contribution is -2.43. The quantitative estimate of drug-likeness (QED) is 0.729. The van der Waals surface area contributed by atoms with E-state index < -0.39 is 24.5 Å². The number of aryl methyl sites for hydroxylation is 1. The van der Waals surface area contributed by atoms with Crippen molar-refractivity contribution < 1.29 is 19.8 Å². The van der Waals surface area contributed by atoms with E-state index in [2.05, 4.69) is 21.2 Å². The van der Waals surface area contributed by atoms with Gasteiger partial charge in [-0.15, -0.1) is 0 Å². The monoisotopic (exact) mass is 315 g/mol. The Bertz CT molecular complexity index is 436. The maximum Gasteiger partial charge on any atom is 0.328 e. The van der Waals surface area contributed by atoms with E-state index in [1.165, 1.54) is 0 Å². The second kappa shape index (κ2) is 7.13. The molecule has 3 N–H and O–H groups in total. The first kappa shape index (κ1) is 14.7. The van der Waals surface area contributed by atoms with Gasteiger partial charge in [0.15, 0.2) is 0 Å². The molecular formula is C12H14BrNO4. The SMILES string of the molecule is O=C(CCc1cccc(Br)c1)NC(CO)C(=O)O. The summed E-state index contributed by atoms with van der Waals surface area (Å²) in [6.07, 6.45) is 0.698. The molecule has 0 aromatic heterocycles. The minimum atomic E-state index is -1.24. The Morgan fingerprint density at radius 3 is 2.67 bits per heavy atom. The summed E-state index contributed by atoms with van der Waals surface area (Å²) in [5.41, 5.74) is 0.982. The highest BCUT2D eigenvalue weighted by atomic mass is 79.9. The van der Waals surface area contributed by atoms with Gasteiger partial charge in [0.2, 0.25) is 5.91 Å². The van der Waals surface area contributed by atoms with Crippen LogP contribution in [-0.2, 0) is 16.0 Å². The predicted molar refractivity (Wildman–Crippen MR) is 69.1 cm³/mol. The third-order valence-electron chi connectivity index (χ3n) is 2.35. The Morgan fingerprint density at radius 2 is 2.11 bits per heavy atom. The maximum atomic E-state index is 11.5. The summed E-state index contributed by atoms with van der Waals surface area (Å²) in [5, 5.41) is 19.7. The number of benzene rings is 1. The molecule has 1 aromatic rings. The number of carboxylic acids is 1. The number of aliphatic hydroxyl groups is 1. The Labute approximate surface area is 113 Å². The van der Waals surface area contributed by atoms with Crippen molar-refractivity contribution in [2.75, 3.05) is 6.61 Å². The summed E-state index contributed by atoms with van der Waals surface area (Å²) in [5.74, 6) is -1.63.